The monoisotopic (exact) mass is 363 g/mol. The third kappa shape index (κ3) is 8.84. The molecule has 0 aromatic heterocycles. The highest BCUT2D eigenvalue weighted by Gasteiger charge is 2.34. The first-order chi connectivity index (χ1) is 12.8. The van der Waals surface area contributed by atoms with Gasteiger partial charge in [-0.2, -0.15) is 5.26 Å². The minimum absolute atomic E-state index is 0.194. The van der Waals surface area contributed by atoms with Crippen molar-refractivity contribution in [1.82, 2.24) is 0 Å². The standard InChI is InChI=1S/C22H37NO3/c1-2-3-4-5-6-7-9-12-19(16-23)13-10-8-11-14-22-25-20-15-21(26-22)18-24-17-20/h19-21H,1-15,17-18H2. The molecule has 4 heteroatoms. The van der Waals surface area contributed by atoms with Gasteiger partial charge in [-0.15, -0.1) is 0 Å². The maximum Gasteiger partial charge on any atom is 0.224 e. The summed E-state index contributed by atoms with van der Waals surface area (Å²) in [5, 5.41) is 9.34. The zero-order chi connectivity index (χ0) is 18.5. The lowest BCUT2D eigenvalue weighted by molar-refractivity contribution is -0.224. The van der Waals surface area contributed by atoms with E-state index in [0.717, 1.165) is 57.7 Å². The van der Waals surface area contributed by atoms with E-state index >= 15 is 0 Å². The molecule has 26 heavy (non-hydrogen) atoms. The summed E-state index contributed by atoms with van der Waals surface area (Å²) in [6.45, 7) is 5.27. The van der Waals surface area contributed by atoms with Crippen molar-refractivity contribution in [2.75, 3.05) is 13.2 Å². The first-order valence-electron chi connectivity index (χ1n) is 10.8. The summed E-state index contributed by atoms with van der Waals surface area (Å²) >= 11 is 0. The first-order valence-corrected chi connectivity index (χ1v) is 10.8. The van der Waals surface area contributed by atoms with Crippen LogP contribution in [-0.2, 0) is 14.2 Å². The summed E-state index contributed by atoms with van der Waals surface area (Å²) in [5.74, 6) is 0.237. The molecule has 2 aliphatic heterocycles. The molecule has 2 saturated heterocycles. The van der Waals surface area contributed by atoms with Crippen molar-refractivity contribution in [3.05, 3.63) is 13.2 Å². The van der Waals surface area contributed by atoms with Crippen LogP contribution in [0.15, 0.2) is 0 Å². The normalized spacial score (nSPS) is 24.3. The van der Waals surface area contributed by atoms with Crippen LogP contribution in [0.5, 0.6) is 0 Å². The lowest BCUT2D eigenvalue weighted by atomic mass is 9.95. The second-order valence-corrected chi connectivity index (χ2v) is 7.81. The van der Waals surface area contributed by atoms with E-state index < -0.39 is 0 Å². The molecule has 3 unspecified atom stereocenters. The number of hydrogen-bond acceptors (Lipinski definition) is 4. The van der Waals surface area contributed by atoms with Crippen LogP contribution in [0.1, 0.15) is 89.9 Å². The molecule has 2 radical (unpaired) electrons. The molecule has 2 rings (SSSR count). The molecule has 148 valence electrons. The van der Waals surface area contributed by atoms with Gasteiger partial charge in [-0.05, 0) is 19.3 Å². The Hall–Kier alpha value is -0.630. The van der Waals surface area contributed by atoms with Crippen molar-refractivity contribution in [1.29, 1.82) is 5.26 Å². The van der Waals surface area contributed by atoms with Crippen LogP contribution in [0.3, 0.4) is 0 Å². The van der Waals surface area contributed by atoms with Crippen LogP contribution in [0, 0.1) is 30.5 Å². The average molecular weight is 364 g/mol. The second-order valence-electron chi connectivity index (χ2n) is 7.81. The second kappa shape index (κ2) is 13.5. The van der Waals surface area contributed by atoms with E-state index in [0.29, 0.717) is 13.2 Å². The zero-order valence-electron chi connectivity index (χ0n) is 16.4. The van der Waals surface area contributed by atoms with Gasteiger partial charge in [0.25, 0.3) is 0 Å². The number of hydrogen-bond donors (Lipinski definition) is 0. The van der Waals surface area contributed by atoms with Crippen LogP contribution in [0.4, 0.5) is 0 Å². The van der Waals surface area contributed by atoms with E-state index in [4.69, 9.17) is 14.2 Å². The Kier molecular flexibility index (Phi) is 11.3. The number of nitrogens with zero attached hydrogens (tertiary/aromatic N) is 1. The molecular formula is C22H37NO3. The maximum atomic E-state index is 9.34. The summed E-state index contributed by atoms with van der Waals surface area (Å²) in [6, 6.07) is 2.50. The van der Waals surface area contributed by atoms with Crippen molar-refractivity contribution in [3.8, 4) is 6.07 Å². The number of ether oxygens (including phenoxy) is 3. The number of fused-ring (bicyclic) bond motifs is 2. The summed E-state index contributed by atoms with van der Waals surface area (Å²) in [6.07, 6.45) is 17.2. The summed E-state index contributed by atoms with van der Waals surface area (Å²) < 4.78 is 17.1. The molecule has 0 aliphatic carbocycles. The number of nitriles is 1. The Morgan fingerprint density at radius 1 is 0.885 bits per heavy atom. The van der Waals surface area contributed by atoms with Crippen LogP contribution < -0.4 is 0 Å². The Balaban J connectivity index is 1.43. The minimum atomic E-state index is 0.194. The quantitative estimate of drug-likeness (QED) is 0.370. The van der Waals surface area contributed by atoms with E-state index in [1.54, 1.807) is 0 Å². The van der Waals surface area contributed by atoms with E-state index in [2.05, 4.69) is 13.0 Å². The van der Waals surface area contributed by atoms with Gasteiger partial charge in [0.2, 0.25) is 6.29 Å². The van der Waals surface area contributed by atoms with Gasteiger partial charge in [0, 0.05) is 18.8 Å². The Bertz CT molecular complexity index is 383. The molecule has 4 nitrogen and oxygen atoms in total. The molecule has 2 heterocycles. The Morgan fingerprint density at radius 3 is 2.08 bits per heavy atom. The molecule has 0 aromatic rings. The molecule has 0 N–H and O–H groups in total. The van der Waals surface area contributed by atoms with Gasteiger partial charge in [0.15, 0.2) is 0 Å². The highest BCUT2D eigenvalue weighted by Crippen LogP contribution is 2.30. The molecule has 2 aliphatic rings. The molecule has 0 saturated carbocycles. The van der Waals surface area contributed by atoms with Crippen LogP contribution in [0.25, 0.3) is 0 Å². The maximum absolute atomic E-state index is 9.34. The van der Waals surface area contributed by atoms with Gasteiger partial charge in [-0.3, -0.25) is 0 Å². The van der Waals surface area contributed by atoms with Crippen molar-refractivity contribution < 1.29 is 14.2 Å². The molecule has 3 atom stereocenters. The average Bonchev–Trinajstić information content (AvgIpc) is 2.65. The summed E-state index contributed by atoms with van der Waals surface area (Å²) in [4.78, 5) is 0. The first kappa shape index (κ1) is 21.7. The van der Waals surface area contributed by atoms with E-state index in [1.165, 1.54) is 38.5 Å². The van der Waals surface area contributed by atoms with Gasteiger partial charge in [0.1, 0.15) is 0 Å². The fraction of sp³-hybridized carbons (Fsp3) is 0.864. The van der Waals surface area contributed by atoms with Crippen molar-refractivity contribution in [2.24, 2.45) is 5.92 Å². The predicted molar refractivity (Wildman–Crippen MR) is 103 cm³/mol. The Morgan fingerprint density at radius 2 is 1.46 bits per heavy atom. The lowest BCUT2D eigenvalue weighted by Crippen LogP contribution is -2.43. The van der Waals surface area contributed by atoms with Gasteiger partial charge in [-0.1, -0.05) is 64.7 Å². The molecule has 2 bridgehead atoms. The van der Waals surface area contributed by atoms with E-state index in [-0.39, 0.29) is 18.1 Å². The summed E-state index contributed by atoms with van der Waals surface area (Å²) in [7, 11) is 0. The molecule has 0 amide bonds. The number of rotatable bonds is 14. The fourth-order valence-corrected chi connectivity index (χ4v) is 3.83. The topological polar surface area (TPSA) is 51.5 Å². The SMILES string of the molecule is [CH2]CCCCCCCCC(C#N)CCCCC[C]1OC2COCC(C2)O1. The molecular weight excluding hydrogens is 326 g/mol. The smallest absolute Gasteiger partial charge is 0.224 e. The van der Waals surface area contributed by atoms with E-state index in [1.807, 2.05) is 0 Å². The lowest BCUT2D eigenvalue weighted by Gasteiger charge is -2.38. The zero-order valence-corrected chi connectivity index (χ0v) is 16.4. The third-order valence-corrected chi connectivity index (χ3v) is 5.40. The third-order valence-electron chi connectivity index (χ3n) is 5.40. The largest absolute Gasteiger partial charge is 0.376 e. The van der Waals surface area contributed by atoms with Crippen LogP contribution in [-0.4, -0.2) is 25.4 Å². The van der Waals surface area contributed by atoms with Crippen molar-refractivity contribution in [3.63, 3.8) is 0 Å². The Labute approximate surface area is 160 Å². The van der Waals surface area contributed by atoms with Gasteiger partial charge < -0.3 is 14.2 Å². The highest BCUT2D eigenvalue weighted by atomic mass is 16.7. The van der Waals surface area contributed by atoms with E-state index in [9.17, 15) is 5.26 Å². The van der Waals surface area contributed by atoms with Crippen molar-refractivity contribution in [2.45, 2.75) is 102 Å². The summed E-state index contributed by atoms with van der Waals surface area (Å²) in [5.41, 5.74) is 0. The number of unbranched alkanes of at least 4 members (excludes halogenated alkanes) is 8. The van der Waals surface area contributed by atoms with Gasteiger partial charge in [0.05, 0.1) is 31.5 Å². The van der Waals surface area contributed by atoms with Gasteiger partial charge >= 0.3 is 0 Å². The van der Waals surface area contributed by atoms with Crippen LogP contribution in [0.2, 0.25) is 0 Å². The van der Waals surface area contributed by atoms with Crippen LogP contribution >= 0.6 is 0 Å². The molecule has 0 aromatic carbocycles. The highest BCUT2D eigenvalue weighted by molar-refractivity contribution is 4.84. The fourth-order valence-electron chi connectivity index (χ4n) is 3.83. The molecule has 2 fully saturated rings. The minimum Gasteiger partial charge on any atom is -0.376 e. The van der Waals surface area contributed by atoms with Gasteiger partial charge in [-0.25, -0.2) is 0 Å². The predicted octanol–water partition coefficient (Wildman–Crippen LogP) is 5.73. The molecule has 0 spiro atoms. The van der Waals surface area contributed by atoms with Crippen molar-refractivity contribution >= 4 is 0 Å².